The SMILES string of the molecule is CCCNC(=O)c1c[nH]c2ncc(Oc3ccc4c(c3)[C@H](NC(C)=O)CC4)nc12. The second-order valence-corrected chi connectivity index (χ2v) is 7.12. The molecule has 29 heavy (non-hydrogen) atoms. The number of rotatable bonds is 6. The largest absolute Gasteiger partial charge is 0.437 e. The van der Waals surface area contributed by atoms with E-state index >= 15 is 0 Å². The van der Waals surface area contributed by atoms with Crippen molar-refractivity contribution in [1.82, 2.24) is 25.6 Å². The van der Waals surface area contributed by atoms with Gasteiger partial charge in [-0.05, 0) is 42.5 Å². The second kappa shape index (κ2) is 7.90. The molecule has 2 aromatic heterocycles. The Hall–Kier alpha value is -3.42. The van der Waals surface area contributed by atoms with Gasteiger partial charge in [0, 0.05) is 19.7 Å². The number of H-pyrrole nitrogens is 1. The summed E-state index contributed by atoms with van der Waals surface area (Å²) >= 11 is 0. The summed E-state index contributed by atoms with van der Waals surface area (Å²) in [5.74, 6) is 0.671. The molecule has 1 aromatic carbocycles. The van der Waals surface area contributed by atoms with Gasteiger partial charge in [0.15, 0.2) is 5.65 Å². The third kappa shape index (κ3) is 3.91. The van der Waals surface area contributed by atoms with Crippen LogP contribution in [0.5, 0.6) is 11.6 Å². The van der Waals surface area contributed by atoms with Crippen molar-refractivity contribution in [1.29, 1.82) is 0 Å². The maximum absolute atomic E-state index is 12.3. The van der Waals surface area contributed by atoms with E-state index in [0.29, 0.717) is 34.9 Å². The number of nitrogens with one attached hydrogen (secondary N) is 3. The first kappa shape index (κ1) is 18.9. The second-order valence-electron chi connectivity index (χ2n) is 7.12. The van der Waals surface area contributed by atoms with Crippen LogP contribution in [-0.2, 0) is 11.2 Å². The standard InChI is InChI=1S/C21H23N5O3/c1-3-8-22-21(28)16-10-23-20-19(16)26-18(11-24-20)29-14-6-4-13-5-7-17(15(13)9-14)25-12(2)27/h4,6,9-11,17H,3,5,7-8H2,1-2H3,(H,22,28)(H,23,24)(H,25,27)/t17-/m1/s1. The number of hydrogen-bond donors (Lipinski definition) is 3. The molecule has 0 fully saturated rings. The van der Waals surface area contributed by atoms with E-state index < -0.39 is 0 Å². The number of aryl methyl sites for hydroxylation is 1. The Labute approximate surface area is 168 Å². The van der Waals surface area contributed by atoms with E-state index in [0.717, 1.165) is 24.8 Å². The fourth-order valence-corrected chi connectivity index (χ4v) is 3.59. The lowest BCUT2D eigenvalue weighted by Gasteiger charge is -2.13. The lowest BCUT2D eigenvalue weighted by atomic mass is 10.1. The van der Waals surface area contributed by atoms with E-state index in [9.17, 15) is 9.59 Å². The minimum absolute atomic E-state index is 0.00171. The predicted molar refractivity (Wildman–Crippen MR) is 108 cm³/mol. The van der Waals surface area contributed by atoms with Crippen LogP contribution in [0.25, 0.3) is 11.2 Å². The summed E-state index contributed by atoms with van der Waals surface area (Å²) in [6, 6.07) is 5.82. The molecule has 1 atom stereocenters. The lowest BCUT2D eigenvalue weighted by molar-refractivity contribution is -0.119. The first-order chi connectivity index (χ1) is 14.0. The van der Waals surface area contributed by atoms with Gasteiger partial charge >= 0.3 is 0 Å². The molecule has 3 aromatic rings. The summed E-state index contributed by atoms with van der Waals surface area (Å²) in [5.41, 5.74) is 3.70. The third-order valence-corrected chi connectivity index (χ3v) is 4.93. The molecule has 1 aliphatic rings. The summed E-state index contributed by atoms with van der Waals surface area (Å²) in [7, 11) is 0. The van der Waals surface area contributed by atoms with Gasteiger partial charge in [-0.2, -0.15) is 0 Å². The van der Waals surface area contributed by atoms with E-state index in [1.807, 2.05) is 25.1 Å². The molecule has 2 heterocycles. The van der Waals surface area contributed by atoms with Crippen LogP contribution in [0.1, 0.15) is 54.2 Å². The highest BCUT2D eigenvalue weighted by Crippen LogP contribution is 2.35. The monoisotopic (exact) mass is 393 g/mol. The van der Waals surface area contributed by atoms with Gasteiger partial charge in [-0.15, -0.1) is 0 Å². The summed E-state index contributed by atoms with van der Waals surface area (Å²) in [4.78, 5) is 35.5. The van der Waals surface area contributed by atoms with E-state index in [1.54, 1.807) is 6.20 Å². The van der Waals surface area contributed by atoms with Gasteiger partial charge in [-0.3, -0.25) is 9.59 Å². The van der Waals surface area contributed by atoms with Gasteiger partial charge < -0.3 is 20.4 Å². The van der Waals surface area contributed by atoms with Crippen LogP contribution in [-0.4, -0.2) is 33.3 Å². The zero-order chi connectivity index (χ0) is 20.4. The molecule has 0 unspecified atom stereocenters. The molecule has 0 bridgehead atoms. The van der Waals surface area contributed by atoms with Gasteiger partial charge in [0.2, 0.25) is 11.8 Å². The molecule has 4 rings (SSSR count). The van der Waals surface area contributed by atoms with E-state index in [2.05, 4.69) is 25.6 Å². The van der Waals surface area contributed by atoms with E-state index in [-0.39, 0.29) is 17.9 Å². The molecule has 3 N–H and O–H groups in total. The highest BCUT2D eigenvalue weighted by Gasteiger charge is 2.24. The van der Waals surface area contributed by atoms with Gasteiger partial charge in [0.25, 0.3) is 5.91 Å². The number of benzene rings is 1. The molecular formula is C21H23N5O3. The molecule has 1 aliphatic carbocycles. The maximum Gasteiger partial charge on any atom is 0.255 e. The number of nitrogens with zero attached hydrogens (tertiary/aromatic N) is 2. The molecule has 150 valence electrons. The first-order valence-corrected chi connectivity index (χ1v) is 9.75. The number of carbonyl (C=O) groups is 2. The Balaban J connectivity index is 1.58. The van der Waals surface area contributed by atoms with Crippen LogP contribution < -0.4 is 15.4 Å². The quantitative estimate of drug-likeness (QED) is 0.596. The van der Waals surface area contributed by atoms with Crippen molar-refractivity contribution >= 4 is 23.0 Å². The third-order valence-electron chi connectivity index (χ3n) is 4.93. The smallest absolute Gasteiger partial charge is 0.255 e. The molecule has 0 saturated heterocycles. The van der Waals surface area contributed by atoms with Crippen LogP contribution in [0.3, 0.4) is 0 Å². The van der Waals surface area contributed by atoms with Crippen LogP contribution in [0, 0.1) is 0 Å². The van der Waals surface area contributed by atoms with Crippen LogP contribution in [0.4, 0.5) is 0 Å². The Morgan fingerprint density at radius 3 is 3.00 bits per heavy atom. The molecule has 8 heteroatoms. The minimum Gasteiger partial charge on any atom is -0.437 e. The fourth-order valence-electron chi connectivity index (χ4n) is 3.59. The van der Waals surface area contributed by atoms with Crippen molar-refractivity contribution in [3.05, 3.63) is 47.3 Å². The zero-order valence-corrected chi connectivity index (χ0v) is 16.4. The number of aromatic nitrogens is 3. The summed E-state index contributed by atoms with van der Waals surface area (Å²) in [6.45, 7) is 4.11. The van der Waals surface area contributed by atoms with Crippen LogP contribution in [0.2, 0.25) is 0 Å². The number of amides is 2. The average Bonchev–Trinajstić information content (AvgIpc) is 3.29. The van der Waals surface area contributed by atoms with Gasteiger partial charge in [0.05, 0.1) is 17.8 Å². The van der Waals surface area contributed by atoms with Crippen molar-refractivity contribution in [3.8, 4) is 11.6 Å². The van der Waals surface area contributed by atoms with Gasteiger partial charge in [-0.25, -0.2) is 9.97 Å². The van der Waals surface area contributed by atoms with E-state index in [4.69, 9.17) is 4.74 Å². The van der Waals surface area contributed by atoms with Crippen molar-refractivity contribution in [2.75, 3.05) is 6.54 Å². The highest BCUT2D eigenvalue weighted by molar-refractivity contribution is 6.04. The summed E-state index contributed by atoms with van der Waals surface area (Å²) < 4.78 is 5.92. The Kier molecular flexibility index (Phi) is 5.16. The van der Waals surface area contributed by atoms with Gasteiger partial charge in [-0.1, -0.05) is 13.0 Å². The highest BCUT2D eigenvalue weighted by atomic mass is 16.5. The molecule has 8 nitrogen and oxygen atoms in total. The normalized spacial score (nSPS) is 15.2. The van der Waals surface area contributed by atoms with Crippen LogP contribution >= 0.6 is 0 Å². The Morgan fingerprint density at radius 2 is 2.21 bits per heavy atom. The Bertz CT molecular complexity index is 1080. The van der Waals surface area contributed by atoms with Crippen molar-refractivity contribution in [3.63, 3.8) is 0 Å². The zero-order valence-electron chi connectivity index (χ0n) is 16.4. The molecule has 0 radical (unpaired) electrons. The Morgan fingerprint density at radius 1 is 1.34 bits per heavy atom. The topological polar surface area (TPSA) is 109 Å². The van der Waals surface area contributed by atoms with Crippen molar-refractivity contribution in [2.24, 2.45) is 0 Å². The first-order valence-electron chi connectivity index (χ1n) is 9.75. The predicted octanol–water partition coefficient (Wildman–Crippen LogP) is 3.01. The average molecular weight is 393 g/mol. The number of carbonyl (C=O) groups excluding carboxylic acids is 2. The van der Waals surface area contributed by atoms with Crippen LogP contribution in [0.15, 0.2) is 30.6 Å². The molecular weight excluding hydrogens is 370 g/mol. The molecule has 0 spiro atoms. The minimum atomic E-state index is -0.194. The summed E-state index contributed by atoms with van der Waals surface area (Å²) in [5, 5.41) is 5.82. The number of hydrogen-bond acceptors (Lipinski definition) is 5. The van der Waals surface area contributed by atoms with Gasteiger partial charge in [0.1, 0.15) is 11.3 Å². The maximum atomic E-state index is 12.3. The van der Waals surface area contributed by atoms with Crippen molar-refractivity contribution in [2.45, 2.75) is 39.2 Å². The summed E-state index contributed by atoms with van der Waals surface area (Å²) in [6.07, 6.45) is 5.78. The van der Waals surface area contributed by atoms with E-state index in [1.165, 1.54) is 18.7 Å². The fraction of sp³-hybridized carbons (Fsp3) is 0.333. The number of fused-ring (bicyclic) bond motifs is 2. The molecule has 0 saturated carbocycles. The molecule has 0 aliphatic heterocycles. The molecule has 2 amide bonds. The van der Waals surface area contributed by atoms with Crippen molar-refractivity contribution < 1.29 is 14.3 Å². The number of aromatic amines is 1. The lowest BCUT2D eigenvalue weighted by Crippen LogP contribution is -2.24. The number of ether oxygens (including phenoxy) is 1.